The maximum absolute atomic E-state index is 13.4. The molecule has 0 bridgehead atoms. The number of nitrogens with zero attached hydrogens (tertiary/aromatic N) is 1. The lowest BCUT2D eigenvalue weighted by atomic mass is 10.1. The fourth-order valence-electron chi connectivity index (χ4n) is 4.07. The van der Waals surface area contributed by atoms with Crippen LogP contribution in [0.3, 0.4) is 0 Å². The van der Waals surface area contributed by atoms with Crippen molar-refractivity contribution in [1.29, 1.82) is 0 Å². The van der Waals surface area contributed by atoms with Crippen molar-refractivity contribution < 1.29 is 19.1 Å². The molecule has 1 heterocycles. The van der Waals surface area contributed by atoms with Gasteiger partial charge in [-0.3, -0.25) is 9.59 Å². The molecular formula is C31H30N4O4S. The van der Waals surface area contributed by atoms with E-state index < -0.39 is 5.97 Å². The summed E-state index contributed by atoms with van der Waals surface area (Å²) in [5.41, 5.74) is 4.82. The molecule has 4 aromatic rings. The molecule has 3 aromatic carbocycles. The minimum absolute atomic E-state index is 0.104. The van der Waals surface area contributed by atoms with Crippen LogP contribution in [0.1, 0.15) is 61.3 Å². The third-order valence-electron chi connectivity index (χ3n) is 6.45. The smallest absolute Gasteiger partial charge is 0.338 e. The first-order chi connectivity index (χ1) is 19.4. The van der Waals surface area contributed by atoms with Crippen LogP contribution < -0.4 is 16.0 Å². The second kappa shape index (κ2) is 12.1. The highest BCUT2D eigenvalue weighted by molar-refractivity contribution is 7.18. The number of anilines is 2. The third kappa shape index (κ3) is 6.55. The zero-order chi connectivity index (χ0) is 28.1. The normalized spacial score (nSPS) is 12.4. The Labute approximate surface area is 236 Å². The van der Waals surface area contributed by atoms with Crippen LogP contribution >= 0.6 is 11.3 Å². The molecule has 0 atom stereocenters. The standard InChI is InChI=1S/C31H30N4O4S/c1-3-39-30(38)22-13-11-21(12-14-22)26-27(29(37)32-18-20-7-5-4-6-8-20)40-31(35-26)34-25-17-23(10-9-19(25)2)28(36)33-24-15-16-24/h4-14,17,24H,3,15-16,18H2,1-2H3,(H,32,37)(H,33,36)(H,34,35). The molecule has 1 saturated carbocycles. The molecule has 1 aliphatic rings. The first-order valence-corrected chi connectivity index (χ1v) is 14.0. The number of carbonyl (C=O) groups is 3. The van der Waals surface area contributed by atoms with E-state index in [9.17, 15) is 14.4 Å². The molecule has 0 aliphatic heterocycles. The van der Waals surface area contributed by atoms with E-state index in [-0.39, 0.29) is 24.5 Å². The molecule has 204 valence electrons. The van der Waals surface area contributed by atoms with Crippen LogP contribution in [-0.2, 0) is 11.3 Å². The van der Waals surface area contributed by atoms with Crippen LogP contribution in [-0.4, -0.2) is 35.4 Å². The number of thiazole rings is 1. The summed E-state index contributed by atoms with van der Waals surface area (Å²) in [5.74, 6) is -0.766. The summed E-state index contributed by atoms with van der Waals surface area (Å²) < 4.78 is 5.09. The van der Waals surface area contributed by atoms with Gasteiger partial charge in [0.05, 0.1) is 17.9 Å². The first-order valence-electron chi connectivity index (χ1n) is 13.2. The molecular weight excluding hydrogens is 524 g/mol. The molecule has 40 heavy (non-hydrogen) atoms. The van der Waals surface area contributed by atoms with Crippen molar-refractivity contribution in [1.82, 2.24) is 15.6 Å². The Hall–Kier alpha value is -4.50. The Balaban J connectivity index is 1.43. The molecule has 0 spiro atoms. The van der Waals surface area contributed by atoms with Crippen molar-refractivity contribution in [3.8, 4) is 11.3 Å². The van der Waals surface area contributed by atoms with Crippen LogP contribution in [0.25, 0.3) is 11.3 Å². The van der Waals surface area contributed by atoms with E-state index in [1.807, 2.05) is 43.3 Å². The van der Waals surface area contributed by atoms with E-state index in [4.69, 9.17) is 9.72 Å². The fraction of sp³-hybridized carbons (Fsp3) is 0.226. The van der Waals surface area contributed by atoms with Crippen molar-refractivity contribution in [3.63, 3.8) is 0 Å². The van der Waals surface area contributed by atoms with E-state index in [1.165, 1.54) is 11.3 Å². The molecule has 9 heteroatoms. The van der Waals surface area contributed by atoms with Crippen molar-refractivity contribution >= 4 is 39.9 Å². The van der Waals surface area contributed by atoms with Gasteiger partial charge in [-0.25, -0.2) is 9.78 Å². The van der Waals surface area contributed by atoms with Gasteiger partial charge in [-0.15, -0.1) is 0 Å². The molecule has 1 aromatic heterocycles. The number of benzene rings is 3. The van der Waals surface area contributed by atoms with Gasteiger partial charge >= 0.3 is 5.97 Å². The monoisotopic (exact) mass is 554 g/mol. The average Bonchev–Trinajstić information content (AvgIpc) is 3.69. The minimum Gasteiger partial charge on any atom is -0.462 e. The largest absolute Gasteiger partial charge is 0.462 e. The second-order valence-electron chi connectivity index (χ2n) is 9.57. The number of hydrogen-bond acceptors (Lipinski definition) is 7. The third-order valence-corrected chi connectivity index (χ3v) is 7.42. The van der Waals surface area contributed by atoms with Gasteiger partial charge < -0.3 is 20.7 Å². The Kier molecular flexibility index (Phi) is 8.21. The highest BCUT2D eigenvalue weighted by atomic mass is 32.1. The highest BCUT2D eigenvalue weighted by Gasteiger charge is 2.24. The van der Waals surface area contributed by atoms with Crippen LogP contribution in [0.4, 0.5) is 10.8 Å². The van der Waals surface area contributed by atoms with E-state index in [0.29, 0.717) is 38.9 Å². The number of carbonyl (C=O) groups excluding carboxylic acids is 3. The summed E-state index contributed by atoms with van der Waals surface area (Å²) in [6.07, 6.45) is 2.03. The number of nitrogens with one attached hydrogen (secondary N) is 3. The van der Waals surface area contributed by atoms with E-state index in [0.717, 1.165) is 29.7 Å². The highest BCUT2D eigenvalue weighted by Crippen LogP contribution is 2.34. The number of amides is 2. The molecule has 0 radical (unpaired) electrons. The summed E-state index contributed by atoms with van der Waals surface area (Å²) in [5, 5.41) is 9.82. The SMILES string of the molecule is CCOC(=O)c1ccc(-c2nc(Nc3cc(C(=O)NC4CC4)ccc3C)sc2C(=O)NCc2ccccc2)cc1. The van der Waals surface area contributed by atoms with Crippen molar-refractivity contribution in [2.24, 2.45) is 0 Å². The number of rotatable bonds is 10. The van der Waals surface area contributed by atoms with Crippen LogP contribution in [0.2, 0.25) is 0 Å². The predicted molar refractivity (Wildman–Crippen MR) is 156 cm³/mol. The van der Waals surface area contributed by atoms with Gasteiger partial charge in [0.2, 0.25) is 0 Å². The van der Waals surface area contributed by atoms with Gasteiger partial charge in [-0.2, -0.15) is 0 Å². The van der Waals surface area contributed by atoms with Crippen LogP contribution in [0.5, 0.6) is 0 Å². The van der Waals surface area contributed by atoms with Gasteiger partial charge in [0.15, 0.2) is 5.13 Å². The Morgan fingerprint density at radius 2 is 1.68 bits per heavy atom. The number of ether oxygens (including phenoxy) is 1. The molecule has 8 nitrogen and oxygen atoms in total. The van der Waals surface area contributed by atoms with Gasteiger partial charge in [-0.05, 0) is 62.1 Å². The van der Waals surface area contributed by atoms with Crippen LogP contribution in [0, 0.1) is 6.92 Å². The summed E-state index contributed by atoms with van der Waals surface area (Å²) in [6, 6.07) is 22.3. The van der Waals surface area contributed by atoms with Gasteiger partial charge in [0.1, 0.15) is 4.88 Å². The molecule has 5 rings (SSSR count). The molecule has 2 amide bonds. The summed E-state index contributed by atoms with van der Waals surface area (Å²) >= 11 is 1.23. The predicted octanol–water partition coefficient (Wildman–Crippen LogP) is 5.86. The number of aryl methyl sites for hydroxylation is 1. The zero-order valence-corrected chi connectivity index (χ0v) is 23.1. The Bertz CT molecular complexity index is 1530. The number of hydrogen-bond donors (Lipinski definition) is 3. The maximum Gasteiger partial charge on any atom is 0.338 e. The second-order valence-corrected chi connectivity index (χ2v) is 10.6. The summed E-state index contributed by atoms with van der Waals surface area (Å²) in [7, 11) is 0. The fourth-order valence-corrected chi connectivity index (χ4v) is 4.99. The lowest BCUT2D eigenvalue weighted by Gasteiger charge is -2.10. The van der Waals surface area contributed by atoms with E-state index >= 15 is 0 Å². The zero-order valence-electron chi connectivity index (χ0n) is 22.3. The topological polar surface area (TPSA) is 109 Å². The number of esters is 1. The number of aromatic nitrogens is 1. The molecule has 1 aliphatic carbocycles. The lowest BCUT2D eigenvalue weighted by molar-refractivity contribution is 0.0526. The minimum atomic E-state index is -0.406. The summed E-state index contributed by atoms with van der Waals surface area (Å²) in [4.78, 5) is 43.3. The molecule has 3 N–H and O–H groups in total. The summed E-state index contributed by atoms with van der Waals surface area (Å²) in [6.45, 7) is 4.36. The van der Waals surface area contributed by atoms with Crippen molar-refractivity contribution in [2.75, 3.05) is 11.9 Å². The van der Waals surface area contributed by atoms with Gasteiger partial charge in [-0.1, -0.05) is 59.9 Å². The Morgan fingerprint density at radius 1 is 0.950 bits per heavy atom. The van der Waals surface area contributed by atoms with Gasteiger partial charge in [0.25, 0.3) is 11.8 Å². The van der Waals surface area contributed by atoms with Crippen molar-refractivity contribution in [3.05, 3.63) is 99.9 Å². The first kappa shape index (κ1) is 27.1. The van der Waals surface area contributed by atoms with E-state index in [2.05, 4.69) is 16.0 Å². The van der Waals surface area contributed by atoms with Crippen LogP contribution in [0.15, 0.2) is 72.8 Å². The van der Waals surface area contributed by atoms with E-state index in [1.54, 1.807) is 43.3 Å². The molecule has 0 saturated heterocycles. The van der Waals surface area contributed by atoms with Crippen molar-refractivity contribution in [2.45, 2.75) is 39.3 Å². The van der Waals surface area contributed by atoms with Gasteiger partial charge in [0, 0.05) is 29.4 Å². The maximum atomic E-state index is 13.4. The molecule has 1 fully saturated rings. The lowest BCUT2D eigenvalue weighted by Crippen LogP contribution is -2.25. The quantitative estimate of drug-likeness (QED) is 0.212. The Morgan fingerprint density at radius 3 is 2.38 bits per heavy atom. The molecule has 0 unspecified atom stereocenters. The average molecular weight is 555 g/mol.